The van der Waals surface area contributed by atoms with Crippen LogP contribution in [0, 0.1) is 18.2 Å². The van der Waals surface area contributed by atoms with Gasteiger partial charge in [-0.3, -0.25) is 9.59 Å². The first kappa shape index (κ1) is 15.5. The molecule has 21 heavy (non-hydrogen) atoms. The normalized spacial score (nSPS) is 17.2. The first-order chi connectivity index (χ1) is 9.93. The smallest absolute Gasteiger partial charge is 0.310 e. The summed E-state index contributed by atoms with van der Waals surface area (Å²) >= 11 is 0. The Morgan fingerprint density at radius 3 is 2.52 bits per heavy atom. The molecule has 1 fully saturated rings. The van der Waals surface area contributed by atoms with Gasteiger partial charge in [-0.15, -0.1) is 0 Å². The van der Waals surface area contributed by atoms with E-state index in [9.17, 15) is 19.1 Å². The van der Waals surface area contributed by atoms with E-state index in [2.05, 4.69) is 5.32 Å². The monoisotopic (exact) mass is 293 g/mol. The highest BCUT2D eigenvalue weighted by Gasteiger charge is 2.41. The molecular weight excluding hydrogens is 273 g/mol. The van der Waals surface area contributed by atoms with Crippen LogP contribution < -0.4 is 5.32 Å². The fourth-order valence-electron chi connectivity index (χ4n) is 2.96. The van der Waals surface area contributed by atoms with Crippen LogP contribution in [0.2, 0.25) is 0 Å². The largest absolute Gasteiger partial charge is 0.481 e. The van der Waals surface area contributed by atoms with E-state index in [-0.39, 0.29) is 18.1 Å². The molecule has 5 heteroatoms. The molecule has 2 rings (SSSR count). The van der Waals surface area contributed by atoms with Crippen LogP contribution in [-0.2, 0) is 9.59 Å². The van der Waals surface area contributed by atoms with E-state index < -0.39 is 11.4 Å². The lowest BCUT2D eigenvalue weighted by atomic mass is 9.71. The fourth-order valence-corrected chi connectivity index (χ4v) is 2.96. The van der Waals surface area contributed by atoms with E-state index in [1.54, 1.807) is 6.92 Å². The maximum Gasteiger partial charge on any atom is 0.310 e. The van der Waals surface area contributed by atoms with Crippen LogP contribution in [0.4, 0.5) is 10.1 Å². The molecule has 0 saturated heterocycles. The lowest BCUT2D eigenvalue weighted by Gasteiger charge is -2.32. The van der Waals surface area contributed by atoms with Crippen molar-refractivity contribution in [3.05, 3.63) is 29.6 Å². The highest BCUT2D eigenvalue weighted by Crippen LogP contribution is 2.39. The first-order valence-electron chi connectivity index (χ1n) is 7.22. The number of benzene rings is 1. The Morgan fingerprint density at radius 2 is 1.95 bits per heavy atom. The third-order valence-electron chi connectivity index (χ3n) is 4.23. The molecule has 114 valence electrons. The van der Waals surface area contributed by atoms with Gasteiger partial charge in [0.05, 0.1) is 5.41 Å². The summed E-state index contributed by atoms with van der Waals surface area (Å²) in [4.78, 5) is 23.7. The second-order valence-corrected chi connectivity index (χ2v) is 5.83. The van der Waals surface area contributed by atoms with Crippen LogP contribution in [0.5, 0.6) is 0 Å². The average Bonchev–Trinajstić information content (AvgIpc) is 2.43. The number of rotatable bonds is 4. The Morgan fingerprint density at radius 1 is 1.29 bits per heavy atom. The first-order valence-corrected chi connectivity index (χ1v) is 7.22. The standard InChI is InChI=1S/C16H20FNO3/c1-11-9-12(17)5-6-13(11)18-14(19)10-16(15(20)21)7-3-2-4-8-16/h5-6,9H,2-4,7-8,10H2,1H3,(H,18,19)(H,20,21). The van der Waals surface area contributed by atoms with Crippen LogP contribution in [-0.4, -0.2) is 17.0 Å². The molecule has 1 aromatic carbocycles. The number of carboxylic acid groups (broad SMARTS) is 1. The Bertz CT molecular complexity index is 550. The molecule has 0 atom stereocenters. The highest BCUT2D eigenvalue weighted by molar-refractivity contribution is 5.94. The van der Waals surface area contributed by atoms with E-state index >= 15 is 0 Å². The Labute approximate surface area is 123 Å². The van der Waals surface area contributed by atoms with Crippen LogP contribution in [0.3, 0.4) is 0 Å². The van der Waals surface area contributed by atoms with E-state index in [1.807, 2.05) is 0 Å². The molecular formula is C16H20FNO3. The fraction of sp³-hybridized carbons (Fsp3) is 0.500. The van der Waals surface area contributed by atoms with Gasteiger partial charge in [0, 0.05) is 12.1 Å². The molecule has 0 bridgehead atoms. The van der Waals surface area contributed by atoms with Gasteiger partial charge in [-0.2, -0.15) is 0 Å². The van der Waals surface area contributed by atoms with Crippen molar-refractivity contribution in [2.24, 2.45) is 5.41 Å². The van der Waals surface area contributed by atoms with Gasteiger partial charge >= 0.3 is 5.97 Å². The van der Waals surface area contributed by atoms with E-state index in [0.29, 0.717) is 24.1 Å². The molecule has 0 aliphatic heterocycles. The number of nitrogens with one attached hydrogen (secondary N) is 1. The van der Waals surface area contributed by atoms with Gasteiger partial charge in [0.25, 0.3) is 0 Å². The Kier molecular flexibility index (Phi) is 4.60. The molecule has 1 aromatic rings. The zero-order valence-electron chi connectivity index (χ0n) is 12.1. The van der Waals surface area contributed by atoms with Gasteiger partial charge < -0.3 is 10.4 Å². The van der Waals surface area contributed by atoms with E-state index in [0.717, 1.165) is 19.3 Å². The minimum atomic E-state index is -0.948. The molecule has 0 radical (unpaired) electrons. The molecule has 1 aliphatic rings. The summed E-state index contributed by atoms with van der Waals surface area (Å²) in [5.74, 6) is -1.58. The van der Waals surface area contributed by atoms with Gasteiger partial charge in [0.15, 0.2) is 0 Å². The summed E-state index contributed by atoms with van der Waals surface area (Å²) in [5.41, 5.74) is 0.199. The second kappa shape index (κ2) is 6.24. The molecule has 1 aliphatic carbocycles. The van der Waals surface area contributed by atoms with Gasteiger partial charge in [-0.05, 0) is 43.5 Å². The number of aryl methyl sites for hydroxylation is 1. The topological polar surface area (TPSA) is 66.4 Å². The number of halogens is 1. The number of amides is 1. The molecule has 1 amide bonds. The van der Waals surface area contributed by atoms with Crippen molar-refractivity contribution in [1.82, 2.24) is 0 Å². The molecule has 1 saturated carbocycles. The summed E-state index contributed by atoms with van der Waals surface area (Å²) in [5, 5.41) is 12.2. The van der Waals surface area contributed by atoms with Gasteiger partial charge in [-0.25, -0.2) is 4.39 Å². The Hall–Kier alpha value is -1.91. The quantitative estimate of drug-likeness (QED) is 0.893. The molecule has 0 aromatic heterocycles. The molecule has 0 unspecified atom stereocenters. The number of carbonyl (C=O) groups is 2. The minimum Gasteiger partial charge on any atom is -0.481 e. The van der Waals surface area contributed by atoms with Gasteiger partial charge in [0.2, 0.25) is 5.91 Å². The molecule has 0 heterocycles. The number of carbonyl (C=O) groups excluding carboxylic acids is 1. The molecule has 0 spiro atoms. The lowest BCUT2D eigenvalue weighted by Crippen LogP contribution is -2.37. The van der Waals surface area contributed by atoms with Gasteiger partial charge in [0.1, 0.15) is 5.82 Å². The maximum absolute atomic E-state index is 13.0. The zero-order valence-corrected chi connectivity index (χ0v) is 12.1. The van der Waals surface area contributed by atoms with Gasteiger partial charge in [-0.1, -0.05) is 19.3 Å². The zero-order chi connectivity index (χ0) is 15.5. The highest BCUT2D eigenvalue weighted by atomic mass is 19.1. The molecule has 2 N–H and O–H groups in total. The number of hydrogen-bond acceptors (Lipinski definition) is 2. The van der Waals surface area contributed by atoms with E-state index in [1.165, 1.54) is 18.2 Å². The Balaban J connectivity index is 2.07. The summed E-state index contributed by atoms with van der Waals surface area (Å²) in [6.45, 7) is 1.70. The third kappa shape index (κ3) is 3.60. The van der Waals surface area contributed by atoms with E-state index in [4.69, 9.17) is 0 Å². The number of anilines is 1. The van der Waals surface area contributed by atoms with Crippen molar-refractivity contribution in [3.8, 4) is 0 Å². The minimum absolute atomic E-state index is 0.0286. The van der Waals surface area contributed by atoms with Crippen molar-refractivity contribution in [2.45, 2.75) is 45.4 Å². The number of hydrogen-bond donors (Lipinski definition) is 2. The van der Waals surface area contributed by atoms with Crippen LogP contribution in [0.15, 0.2) is 18.2 Å². The summed E-state index contributed by atoms with van der Waals surface area (Å²) in [6.07, 6.45) is 3.76. The van der Waals surface area contributed by atoms with Crippen molar-refractivity contribution >= 4 is 17.6 Å². The predicted octanol–water partition coefficient (Wildman–Crippen LogP) is 3.50. The summed E-state index contributed by atoms with van der Waals surface area (Å²) < 4.78 is 13.0. The lowest BCUT2D eigenvalue weighted by molar-refractivity contribution is -0.153. The van der Waals surface area contributed by atoms with Crippen molar-refractivity contribution in [1.29, 1.82) is 0 Å². The predicted molar refractivity (Wildman–Crippen MR) is 77.5 cm³/mol. The number of aliphatic carboxylic acids is 1. The SMILES string of the molecule is Cc1cc(F)ccc1NC(=O)CC1(C(=O)O)CCCCC1. The van der Waals surface area contributed by atoms with Crippen LogP contribution in [0.25, 0.3) is 0 Å². The van der Waals surface area contributed by atoms with Crippen molar-refractivity contribution in [2.75, 3.05) is 5.32 Å². The molecule has 4 nitrogen and oxygen atoms in total. The summed E-state index contributed by atoms with van der Waals surface area (Å²) in [6, 6.07) is 4.11. The van der Waals surface area contributed by atoms with Crippen LogP contribution >= 0.6 is 0 Å². The van der Waals surface area contributed by atoms with Crippen molar-refractivity contribution in [3.63, 3.8) is 0 Å². The second-order valence-electron chi connectivity index (χ2n) is 5.83. The number of carboxylic acids is 1. The summed E-state index contributed by atoms with van der Waals surface area (Å²) in [7, 11) is 0. The van der Waals surface area contributed by atoms with Crippen molar-refractivity contribution < 1.29 is 19.1 Å². The van der Waals surface area contributed by atoms with Crippen LogP contribution in [0.1, 0.15) is 44.1 Å². The average molecular weight is 293 g/mol. The maximum atomic E-state index is 13.0. The third-order valence-corrected chi connectivity index (χ3v) is 4.23.